The molecular formula is C16H26N2O2. The van der Waals surface area contributed by atoms with Crippen LogP contribution in [0.15, 0.2) is 24.3 Å². The number of carbonyl (C=O) groups is 1. The van der Waals surface area contributed by atoms with Crippen molar-refractivity contribution < 1.29 is 9.53 Å². The maximum absolute atomic E-state index is 11.4. The lowest BCUT2D eigenvalue weighted by atomic mass is 9.99. The Labute approximate surface area is 121 Å². The molecule has 4 heteroatoms. The molecule has 0 radical (unpaired) electrons. The van der Waals surface area contributed by atoms with E-state index in [9.17, 15) is 4.79 Å². The van der Waals surface area contributed by atoms with Crippen LogP contribution in [0.5, 0.6) is 0 Å². The Morgan fingerprint density at radius 2 is 1.95 bits per heavy atom. The van der Waals surface area contributed by atoms with Gasteiger partial charge in [-0.3, -0.25) is 10.2 Å². The maximum Gasteiger partial charge on any atom is 0.241 e. The van der Waals surface area contributed by atoms with E-state index in [1.165, 1.54) is 12.8 Å². The summed E-state index contributed by atoms with van der Waals surface area (Å²) in [7, 11) is 0. The lowest BCUT2D eigenvalue weighted by molar-refractivity contribution is -0.122. The first-order valence-corrected chi connectivity index (χ1v) is 7.25. The highest BCUT2D eigenvalue weighted by Gasteiger charge is 2.13. The monoisotopic (exact) mass is 278 g/mol. The van der Waals surface area contributed by atoms with Crippen LogP contribution in [0.4, 0.5) is 0 Å². The van der Waals surface area contributed by atoms with Crippen molar-refractivity contribution in [2.75, 3.05) is 6.61 Å². The average molecular weight is 278 g/mol. The second-order valence-corrected chi connectivity index (χ2v) is 5.38. The second kappa shape index (κ2) is 8.72. The smallest absolute Gasteiger partial charge is 0.241 e. The molecule has 2 unspecified atom stereocenters. The Balaban J connectivity index is 2.44. The molecular weight excluding hydrogens is 252 g/mol. The van der Waals surface area contributed by atoms with Gasteiger partial charge in [-0.1, -0.05) is 44.5 Å². The summed E-state index contributed by atoms with van der Waals surface area (Å²) in [5, 5.41) is 0. The summed E-state index contributed by atoms with van der Waals surface area (Å²) in [6.45, 7) is 7.64. The molecule has 1 rings (SSSR count). The highest BCUT2D eigenvalue weighted by molar-refractivity contribution is 5.82. The highest BCUT2D eigenvalue weighted by Crippen LogP contribution is 2.16. The highest BCUT2D eigenvalue weighted by atomic mass is 16.5. The van der Waals surface area contributed by atoms with Crippen LogP contribution in [0.3, 0.4) is 0 Å². The summed E-state index contributed by atoms with van der Waals surface area (Å²) in [5.41, 5.74) is 4.25. The number of hydrogen-bond acceptors (Lipinski definition) is 3. The van der Waals surface area contributed by atoms with E-state index in [1.807, 2.05) is 31.2 Å². The summed E-state index contributed by atoms with van der Waals surface area (Å²) in [4.78, 5) is 11.4. The first-order chi connectivity index (χ1) is 9.58. The number of hydrogen-bond donors (Lipinski definition) is 2. The minimum Gasteiger partial charge on any atom is -0.376 e. The Morgan fingerprint density at radius 3 is 2.50 bits per heavy atom. The molecule has 112 valence electrons. The molecule has 0 bridgehead atoms. The molecule has 4 nitrogen and oxygen atoms in total. The van der Waals surface area contributed by atoms with Gasteiger partial charge in [0.1, 0.15) is 0 Å². The Bertz CT molecular complexity index is 403. The van der Waals surface area contributed by atoms with Crippen LogP contribution >= 0.6 is 0 Å². The number of rotatable bonds is 8. The molecule has 0 aliphatic carbocycles. The Kier molecular flexibility index (Phi) is 7.26. The van der Waals surface area contributed by atoms with Crippen molar-refractivity contribution in [2.24, 2.45) is 11.8 Å². The van der Waals surface area contributed by atoms with Crippen LogP contribution in [0.1, 0.15) is 50.7 Å². The SMILES string of the molecule is CCCC(C)COCc1ccc(C(C)C(=O)NN)cc1. The number of nitrogens with two attached hydrogens (primary N) is 1. The summed E-state index contributed by atoms with van der Waals surface area (Å²) >= 11 is 0. The molecule has 1 aromatic carbocycles. The summed E-state index contributed by atoms with van der Waals surface area (Å²) in [6.07, 6.45) is 2.39. The number of carbonyl (C=O) groups excluding carboxylic acids is 1. The summed E-state index contributed by atoms with van der Waals surface area (Å²) < 4.78 is 5.70. The van der Waals surface area contributed by atoms with Crippen LogP contribution in [-0.4, -0.2) is 12.5 Å². The molecule has 2 atom stereocenters. The Hall–Kier alpha value is -1.39. The quantitative estimate of drug-likeness (QED) is 0.436. The van der Waals surface area contributed by atoms with Crippen molar-refractivity contribution in [3.63, 3.8) is 0 Å². The van der Waals surface area contributed by atoms with Crippen LogP contribution < -0.4 is 11.3 Å². The number of hydrazine groups is 1. The first kappa shape index (κ1) is 16.7. The van der Waals surface area contributed by atoms with Gasteiger partial charge < -0.3 is 4.74 Å². The van der Waals surface area contributed by atoms with Crippen LogP contribution in [-0.2, 0) is 16.1 Å². The first-order valence-electron chi connectivity index (χ1n) is 7.25. The van der Waals surface area contributed by atoms with Gasteiger partial charge in [0.05, 0.1) is 12.5 Å². The van der Waals surface area contributed by atoms with Crippen molar-refractivity contribution in [1.82, 2.24) is 5.43 Å². The minimum atomic E-state index is -0.237. The molecule has 0 heterocycles. The van der Waals surface area contributed by atoms with Gasteiger partial charge in [0, 0.05) is 6.61 Å². The molecule has 0 saturated carbocycles. The van der Waals surface area contributed by atoms with Gasteiger partial charge in [-0.15, -0.1) is 0 Å². The van der Waals surface area contributed by atoms with E-state index in [1.54, 1.807) is 0 Å². The minimum absolute atomic E-state index is 0.178. The third-order valence-electron chi connectivity index (χ3n) is 3.47. The molecule has 20 heavy (non-hydrogen) atoms. The van der Waals surface area contributed by atoms with E-state index in [2.05, 4.69) is 19.3 Å². The van der Waals surface area contributed by atoms with Crippen molar-refractivity contribution in [2.45, 2.75) is 46.1 Å². The molecule has 0 aliphatic heterocycles. The third kappa shape index (κ3) is 5.31. The maximum atomic E-state index is 11.4. The average Bonchev–Trinajstić information content (AvgIpc) is 2.46. The van der Waals surface area contributed by atoms with E-state index in [0.717, 1.165) is 17.7 Å². The molecule has 0 fully saturated rings. The molecule has 1 aromatic rings. The number of ether oxygens (including phenoxy) is 1. The van der Waals surface area contributed by atoms with Crippen molar-refractivity contribution >= 4 is 5.91 Å². The van der Waals surface area contributed by atoms with Gasteiger partial charge in [-0.05, 0) is 30.4 Å². The van der Waals surface area contributed by atoms with E-state index in [-0.39, 0.29) is 11.8 Å². The zero-order valence-corrected chi connectivity index (χ0v) is 12.7. The van der Waals surface area contributed by atoms with Gasteiger partial charge in [0.25, 0.3) is 0 Å². The van der Waals surface area contributed by atoms with Crippen molar-refractivity contribution in [3.05, 3.63) is 35.4 Å². The van der Waals surface area contributed by atoms with E-state index >= 15 is 0 Å². The fourth-order valence-corrected chi connectivity index (χ4v) is 2.13. The van der Waals surface area contributed by atoms with Gasteiger partial charge in [0.2, 0.25) is 5.91 Å². The molecule has 0 aliphatic rings. The standard InChI is InChI=1S/C16H26N2O2/c1-4-5-12(2)10-20-11-14-6-8-15(9-7-14)13(3)16(19)18-17/h6-9,12-13H,4-5,10-11,17H2,1-3H3,(H,18,19). The van der Waals surface area contributed by atoms with Gasteiger partial charge >= 0.3 is 0 Å². The predicted molar refractivity (Wildman–Crippen MR) is 80.9 cm³/mol. The fraction of sp³-hybridized carbons (Fsp3) is 0.562. The molecule has 0 aromatic heterocycles. The van der Waals surface area contributed by atoms with Crippen molar-refractivity contribution in [1.29, 1.82) is 0 Å². The molecule has 0 spiro atoms. The lowest BCUT2D eigenvalue weighted by Gasteiger charge is -2.12. The van der Waals surface area contributed by atoms with Gasteiger partial charge in [0.15, 0.2) is 0 Å². The van der Waals surface area contributed by atoms with E-state index in [4.69, 9.17) is 10.6 Å². The van der Waals surface area contributed by atoms with Crippen LogP contribution in [0.2, 0.25) is 0 Å². The molecule has 1 amide bonds. The molecule has 0 saturated heterocycles. The Morgan fingerprint density at radius 1 is 1.30 bits per heavy atom. The van der Waals surface area contributed by atoms with Crippen LogP contribution in [0.25, 0.3) is 0 Å². The second-order valence-electron chi connectivity index (χ2n) is 5.38. The summed E-state index contributed by atoms with van der Waals surface area (Å²) in [5.74, 6) is 5.33. The van der Waals surface area contributed by atoms with E-state index in [0.29, 0.717) is 12.5 Å². The normalized spacial score (nSPS) is 13.8. The van der Waals surface area contributed by atoms with Gasteiger partial charge in [-0.25, -0.2) is 5.84 Å². The third-order valence-corrected chi connectivity index (χ3v) is 3.47. The number of amides is 1. The largest absolute Gasteiger partial charge is 0.376 e. The van der Waals surface area contributed by atoms with E-state index < -0.39 is 0 Å². The lowest BCUT2D eigenvalue weighted by Crippen LogP contribution is -2.33. The number of nitrogens with one attached hydrogen (secondary N) is 1. The predicted octanol–water partition coefficient (Wildman–Crippen LogP) is 2.73. The summed E-state index contributed by atoms with van der Waals surface area (Å²) in [6, 6.07) is 7.91. The zero-order chi connectivity index (χ0) is 15.0. The molecule has 3 N–H and O–H groups in total. The van der Waals surface area contributed by atoms with Crippen LogP contribution in [0, 0.1) is 5.92 Å². The van der Waals surface area contributed by atoms with Gasteiger partial charge in [-0.2, -0.15) is 0 Å². The van der Waals surface area contributed by atoms with Crippen molar-refractivity contribution in [3.8, 4) is 0 Å². The number of benzene rings is 1. The zero-order valence-electron chi connectivity index (χ0n) is 12.7. The topological polar surface area (TPSA) is 64.3 Å². The fourth-order valence-electron chi connectivity index (χ4n) is 2.13.